The highest BCUT2D eigenvalue weighted by Crippen LogP contribution is 2.31. The third-order valence-electron chi connectivity index (χ3n) is 6.26. The molecule has 1 saturated heterocycles. The third-order valence-corrected chi connectivity index (χ3v) is 6.69. The molecule has 1 aromatic heterocycles. The minimum absolute atomic E-state index is 0.0156. The second-order valence-electron chi connectivity index (χ2n) is 8.67. The molecule has 174 valence electrons. The molecule has 0 N–H and O–H groups in total. The van der Waals surface area contributed by atoms with Crippen LogP contribution in [-0.4, -0.2) is 33.5 Å². The molecule has 4 aromatic rings. The summed E-state index contributed by atoms with van der Waals surface area (Å²) in [6.45, 7) is 4.08. The number of benzene rings is 3. The van der Waals surface area contributed by atoms with Gasteiger partial charge in [-0.15, -0.1) is 0 Å². The maximum atomic E-state index is 13.2. The number of imidazole rings is 1. The van der Waals surface area contributed by atoms with Crippen molar-refractivity contribution < 1.29 is 13.9 Å². The zero-order valence-electron chi connectivity index (χ0n) is 18.9. The SMILES string of the molecule is Cc1cc(OCCn2c([C@@H]3CC(=O)N(Cc4ccc(F)cc4)C3)nc3ccccc32)ccc1Cl. The number of carbonyl (C=O) groups is 1. The molecule has 1 aliphatic rings. The fourth-order valence-corrected chi connectivity index (χ4v) is 4.63. The van der Waals surface area contributed by atoms with Crippen LogP contribution in [0.5, 0.6) is 5.75 Å². The van der Waals surface area contributed by atoms with Crippen molar-refractivity contribution in [3.63, 3.8) is 0 Å². The quantitative estimate of drug-likeness (QED) is 0.341. The Balaban J connectivity index is 1.34. The number of hydrogen-bond donors (Lipinski definition) is 0. The van der Waals surface area contributed by atoms with Gasteiger partial charge < -0.3 is 14.2 Å². The Kier molecular flexibility index (Phi) is 6.24. The lowest BCUT2D eigenvalue weighted by molar-refractivity contribution is -0.128. The predicted octanol–water partition coefficient (Wildman–Crippen LogP) is 5.73. The van der Waals surface area contributed by atoms with E-state index >= 15 is 0 Å². The van der Waals surface area contributed by atoms with Gasteiger partial charge in [0.1, 0.15) is 24.0 Å². The number of ether oxygens (including phenoxy) is 1. The molecule has 0 radical (unpaired) electrons. The molecule has 2 heterocycles. The standard InChI is InChI=1S/C27H25ClFN3O2/c1-18-14-22(10-11-23(18)28)34-13-12-32-25-5-3-2-4-24(25)30-27(32)20-15-26(33)31(17-20)16-19-6-8-21(29)9-7-19/h2-11,14,20H,12-13,15-17H2,1H3/t20-/m1/s1. The fraction of sp³-hybridized carbons (Fsp3) is 0.259. The fourth-order valence-electron chi connectivity index (χ4n) is 4.51. The zero-order chi connectivity index (χ0) is 23.7. The molecule has 1 atom stereocenters. The molecule has 0 bridgehead atoms. The van der Waals surface area contributed by atoms with Crippen LogP contribution >= 0.6 is 11.6 Å². The van der Waals surface area contributed by atoms with E-state index in [-0.39, 0.29) is 17.6 Å². The number of aryl methyl sites for hydroxylation is 1. The maximum Gasteiger partial charge on any atom is 0.223 e. The van der Waals surface area contributed by atoms with Crippen molar-refractivity contribution in [1.82, 2.24) is 14.5 Å². The number of amides is 1. The first-order valence-corrected chi connectivity index (χ1v) is 11.7. The van der Waals surface area contributed by atoms with E-state index in [1.165, 1.54) is 12.1 Å². The van der Waals surface area contributed by atoms with E-state index in [2.05, 4.69) is 4.57 Å². The Morgan fingerprint density at radius 1 is 1.12 bits per heavy atom. The number of rotatable bonds is 7. The van der Waals surface area contributed by atoms with Crippen LogP contribution in [0, 0.1) is 12.7 Å². The first kappa shape index (κ1) is 22.4. The third kappa shape index (κ3) is 4.64. The topological polar surface area (TPSA) is 47.4 Å². The summed E-state index contributed by atoms with van der Waals surface area (Å²) in [4.78, 5) is 19.5. The van der Waals surface area contributed by atoms with Gasteiger partial charge >= 0.3 is 0 Å². The second kappa shape index (κ2) is 9.47. The van der Waals surface area contributed by atoms with Crippen molar-refractivity contribution in [2.24, 2.45) is 0 Å². The van der Waals surface area contributed by atoms with Crippen LogP contribution in [0.1, 0.15) is 29.3 Å². The van der Waals surface area contributed by atoms with E-state index < -0.39 is 0 Å². The molecule has 0 spiro atoms. The van der Waals surface area contributed by atoms with Gasteiger partial charge in [0, 0.05) is 30.5 Å². The van der Waals surface area contributed by atoms with E-state index in [0.29, 0.717) is 37.7 Å². The number of para-hydroxylation sites is 2. The molecule has 0 saturated carbocycles. The summed E-state index contributed by atoms with van der Waals surface area (Å²) in [5, 5.41) is 0.714. The van der Waals surface area contributed by atoms with E-state index in [0.717, 1.165) is 33.7 Å². The normalized spacial score (nSPS) is 15.9. The molecule has 0 unspecified atom stereocenters. The molecule has 1 amide bonds. The van der Waals surface area contributed by atoms with E-state index in [4.69, 9.17) is 21.3 Å². The first-order valence-electron chi connectivity index (χ1n) is 11.3. The number of nitrogens with zero attached hydrogens (tertiary/aromatic N) is 3. The summed E-state index contributed by atoms with van der Waals surface area (Å²) in [5.74, 6) is 1.46. The number of carbonyl (C=O) groups excluding carboxylic acids is 1. The Hall–Kier alpha value is -3.38. The predicted molar refractivity (Wildman–Crippen MR) is 131 cm³/mol. The molecule has 1 fully saturated rings. The highest BCUT2D eigenvalue weighted by Gasteiger charge is 2.34. The molecule has 3 aromatic carbocycles. The maximum absolute atomic E-state index is 13.2. The minimum atomic E-state index is -0.279. The molecule has 0 aliphatic carbocycles. The summed E-state index contributed by atoms with van der Waals surface area (Å²) < 4.78 is 21.4. The van der Waals surface area contributed by atoms with E-state index in [1.54, 1.807) is 12.1 Å². The average Bonchev–Trinajstić information content (AvgIpc) is 3.38. The van der Waals surface area contributed by atoms with Gasteiger partial charge in [0.15, 0.2) is 0 Å². The van der Waals surface area contributed by atoms with Crippen molar-refractivity contribution in [2.75, 3.05) is 13.2 Å². The molecular weight excluding hydrogens is 453 g/mol. The largest absolute Gasteiger partial charge is 0.492 e. The first-order chi connectivity index (χ1) is 16.5. The van der Waals surface area contributed by atoms with Gasteiger partial charge in [-0.3, -0.25) is 4.79 Å². The summed E-state index contributed by atoms with van der Waals surface area (Å²) >= 11 is 6.12. The van der Waals surface area contributed by atoms with Crippen LogP contribution < -0.4 is 4.74 Å². The van der Waals surface area contributed by atoms with Gasteiger partial charge in [-0.05, 0) is 60.5 Å². The molecule has 34 heavy (non-hydrogen) atoms. The number of hydrogen-bond acceptors (Lipinski definition) is 3. The number of aromatic nitrogens is 2. The Bertz CT molecular complexity index is 1340. The van der Waals surface area contributed by atoms with Gasteiger partial charge in [-0.25, -0.2) is 9.37 Å². The Morgan fingerprint density at radius 2 is 1.91 bits per heavy atom. The van der Waals surface area contributed by atoms with Gasteiger partial charge in [0.2, 0.25) is 5.91 Å². The molecule has 5 rings (SSSR count). The second-order valence-corrected chi connectivity index (χ2v) is 9.08. The van der Waals surface area contributed by atoms with E-state index in [9.17, 15) is 9.18 Å². The van der Waals surface area contributed by atoms with Crippen LogP contribution in [-0.2, 0) is 17.9 Å². The van der Waals surface area contributed by atoms with Gasteiger partial charge in [0.25, 0.3) is 0 Å². The van der Waals surface area contributed by atoms with Gasteiger partial charge in [0.05, 0.1) is 17.6 Å². The smallest absolute Gasteiger partial charge is 0.223 e. The minimum Gasteiger partial charge on any atom is -0.492 e. The molecular formula is C27H25ClFN3O2. The number of fused-ring (bicyclic) bond motifs is 1. The lowest BCUT2D eigenvalue weighted by atomic mass is 10.1. The summed E-state index contributed by atoms with van der Waals surface area (Å²) in [6.07, 6.45) is 0.405. The van der Waals surface area contributed by atoms with Crippen molar-refractivity contribution >= 4 is 28.5 Å². The zero-order valence-corrected chi connectivity index (χ0v) is 19.6. The summed E-state index contributed by atoms with van der Waals surface area (Å²) in [7, 11) is 0. The average molecular weight is 478 g/mol. The highest BCUT2D eigenvalue weighted by molar-refractivity contribution is 6.31. The monoisotopic (exact) mass is 477 g/mol. The van der Waals surface area contributed by atoms with Crippen molar-refractivity contribution in [3.05, 3.63) is 94.5 Å². The summed E-state index contributed by atoms with van der Waals surface area (Å²) in [6, 6.07) is 19.9. The van der Waals surface area contributed by atoms with Crippen LogP contribution in [0.3, 0.4) is 0 Å². The molecule has 7 heteroatoms. The van der Waals surface area contributed by atoms with Crippen LogP contribution in [0.25, 0.3) is 11.0 Å². The molecule has 5 nitrogen and oxygen atoms in total. The Labute approximate surface area is 202 Å². The molecule has 1 aliphatic heterocycles. The van der Waals surface area contributed by atoms with Crippen LogP contribution in [0.4, 0.5) is 4.39 Å². The van der Waals surface area contributed by atoms with Gasteiger partial charge in [-0.1, -0.05) is 35.9 Å². The lowest BCUT2D eigenvalue weighted by Gasteiger charge is -2.18. The van der Waals surface area contributed by atoms with Crippen molar-refractivity contribution in [2.45, 2.75) is 32.4 Å². The van der Waals surface area contributed by atoms with Gasteiger partial charge in [-0.2, -0.15) is 0 Å². The van der Waals surface area contributed by atoms with E-state index in [1.807, 2.05) is 54.3 Å². The summed E-state index contributed by atoms with van der Waals surface area (Å²) in [5.41, 5.74) is 3.82. The lowest BCUT2D eigenvalue weighted by Crippen LogP contribution is -2.24. The number of likely N-dealkylation sites (tertiary alicyclic amines) is 1. The van der Waals surface area contributed by atoms with Crippen molar-refractivity contribution in [1.29, 1.82) is 0 Å². The Morgan fingerprint density at radius 3 is 2.71 bits per heavy atom. The number of halogens is 2. The highest BCUT2D eigenvalue weighted by atomic mass is 35.5. The van der Waals surface area contributed by atoms with Crippen molar-refractivity contribution in [3.8, 4) is 5.75 Å². The van der Waals surface area contributed by atoms with Crippen LogP contribution in [0.2, 0.25) is 5.02 Å². The van der Waals surface area contributed by atoms with Crippen LogP contribution in [0.15, 0.2) is 66.7 Å².